The summed E-state index contributed by atoms with van der Waals surface area (Å²) in [5.74, 6) is -0.450. The Morgan fingerprint density at radius 3 is 2.09 bits per heavy atom. The Balaban J connectivity index is 1.66. The smallest absolute Gasteiger partial charge is 0.253 e. The summed E-state index contributed by atoms with van der Waals surface area (Å²) in [4.78, 5) is 26.9. The second-order valence-electron chi connectivity index (χ2n) is 8.68. The number of sulfonamides is 1. The second kappa shape index (κ2) is 11.3. The maximum absolute atomic E-state index is 12.9. The molecule has 0 atom stereocenters. The van der Waals surface area contributed by atoms with E-state index in [2.05, 4.69) is 10.0 Å². The molecule has 2 amide bonds. The number of amides is 2. The molecule has 3 aromatic carbocycles. The first kappa shape index (κ1) is 26.1. The molecule has 0 aliphatic rings. The lowest BCUT2D eigenvalue weighted by Gasteiger charge is -2.21. The van der Waals surface area contributed by atoms with Gasteiger partial charge in [0.15, 0.2) is 0 Å². The summed E-state index contributed by atoms with van der Waals surface area (Å²) in [5, 5.41) is 2.81. The zero-order valence-electron chi connectivity index (χ0n) is 20.4. The number of rotatable bonds is 9. The van der Waals surface area contributed by atoms with Gasteiger partial charge in [0.25, 0.3) is 11.8 Å². The molecule has 0 spiro atoms. The normalized spacial score (nSPS) is 11.3. The van der Waals surface area contributed by atoms with Gasteiger partial charge < -0.3 is 10.2 Å². The molecule has 0 bridgehead atoms. The van der Waals surface area contributed by atoms with Crippen molar-refractivity contribution in [3.8, 4) is 0 Å². The third-order valence-electron chi connectivity index (χ3n) is 5.80. The predicted octanol–water partition coefficient (Wildman–Crippen LogP) is 3.88. The van der Waals surface area contributed by atoms with Gasteiger partial charge in [-0.15, -0.1) is 0 Å². The molecule has 7 nitrogen and oxygen atoms in total. The molecule has 184 valence electrons. The van der Waals surface area contributed by atoms with E-state index in [0.29, 0.717) is 11.1 Å². The van der Waals surface area contributed by atoms with E-state index in [9.17, 15) is 18.0 Å². The van der Waals surface area contributed by atoms with Crippen molar-refractivity contribution in [2.24, 2.45) is 0 Å². The summed E-state index contributed by atoms with van der Waals surface area (Å²) in [7, 11) is -2.05. The third-order valence-corrected chi connectivity index (χ3v) is 7.34. The number of carbonyl (C=O) groups is 2. The summed E-state index contributed by atoms with van der Waals surface area (Å²) in [6, 6.07) is 21.0. The first-order valence-electron chi connectivity index (χ1n) is 11.4. The molecule has 3 aromatic rings. The number of carbonyl (C=O) groups excluding carboxylic acids is 2. The SMILES string of the molecule is Cc1ccc(C(=O)NCc2ccc(C(=O)N(C)C(C)C)cc2)cc1S(=O)(=O)NCc1ccccc1. The number of hydrogen-bond acceptors (Lipinski definition) is 4. The number of benzene rings is 3. The minimum Gasteiger partial charge on any atom is -0.348 e. The number of aryl methyl sites for hydroxylation is 1. The van der Waals surface area contributed by atoms with Gasteiger partial charge in [-0.25, -0.2) is 13.1 Å². The number of nitrogens with zero attached hydrogens (tertiary/aromatic N) is 1. The lowest BCUT2D eigenvalue weighted by Crippen LogP contribution is -2.32. The molecule has 0 aliphatic carbocycles. The fourth-order valence-corrected chi connectivity index (χ4v) is 4.66. The first-order valence-corrected chi connectivity index (χ1v) is 12.9. The van der Waals surface area contributed by atoms with Gasteiger partial charge in [-0.2, -0.15) is 0 Å². The van der Waals surface area contributed by atoms with Crippen LogP contribution in [0.3, 0.4) is 0 Å². The Hall–Kier alpha value is -3.49. The number of nitrogens with one attached hydrogen (secondary N) is 2. The van der Waals surface area contributed by atoms with Gasteiger partial charge in [0, 0.05) is 37.3 Å². The zero-order chi connectivity index (χ0) is 25.6. The van der Waals surface area contributed by atoms with E-state index in [1.165, 1.54) is 6.07 Å². The summed E-state index contributed by atoms with van der Waals surface area (Å²) >= 11 is 0. The van der Waals surface area contributed by atoms with Crippen molar-refractivity contribution < 1.29 is 18.0 Å². The number of hydrogen-bond donors (Lipinski definition) is 2. The zero-order valence-corrected chi connectivity index (χ0v) is 21.2. The van der Waals surface area contributed by atoms with E-state index in [0.717, 1.165) is 11.1 Å². The fraction of sp³-hybridized carbons (Fsp3) is 0.259. The van der Waals surface area contributed by atoms with Crippen LogP contribution in [0.25, 0.3) is 0 Å². The van der Waals surface area contributed by atoms with Crippen LogP contribution in [0.1, 0.15) is 51.3 Å². The maximum atomic E-state index is 12.9. The van der Waals surface area contributed by atoms with Crippen molar-refractivity contribution >= 4 is 21.8 Å². The summed E-state index contributed by atoms with van der Waals surface area (Å²) in [6.45, 7) is 5.99. The second-order valence-corrected chi connectivity index (χ2v) is 10.4. The molecule has 8 heteroatoms. The predicted molar refractivity (Wildman–Crippen MR) is 136 cm³/mol. The molecular formula is C27H31N3O4S. The quantitative estimate of drug-likeness (QED) is 0.473. The summed E-state index contributed by atoms with van der Waals surface area (Å²) in [5.41, 5.74) is 3.04. The van der Waals surface area contributed by atoms with E-state index in [4.69, 9.17) is 0 Å². The van der Waals surface area contributed by atoms with E-state index >= 15 is 0 Å². The molecule has 0 heterocycles. The van der Waals surface area contributed by atoms with Crippen LogP contribution in [0.15, 0.2) is 77.7 Å². The Kier molecular flexibility index (Phi) is 8.43. The van der Waals surface area contributed by atoms with Crippen molar-refractivity contribution in [1.82, 2.24) is 14.9 Å². The van der Waals surface area contributed by atoms with Gasteiger partial charge in [0.1, 0.15) is 0 Å². The largest absolute Gasteiger partial charge is 0.348 e. The summed E-state index contributed by atoms with van der Waals surface area (Å²) < 4.78 is 28.4. The van der Waals surface area contributed by atoms with Gasteiger partial charge in [-0.05, 0) is 61.7 Å². The van der Waals surface area contributed by atoms with Gasteiger partial charge in [-0.1, -0.05) is 48.5 Å². The highest BCUT2D eigenvalue weighted by molar-refractivity contribution is 7.89. The third kappa shape index (κ3) is 6.77. The first-order chi connectivity index (χ1) is 16.6. The molecule has 0 unspecified atom stereocenters. The maximum Gasteiger partial charge on any atom is 0.253 e. The highest BCUT2D eigenvalue weighted by atomic mass is 32.2. The van der Waals surface area contributed by atoms with Gasteiger partial charge in [0.2, 0.25) is 10.0 Å². The van der Waals surface area contributed by atoms with Crippen LogP contribution >= 0.6 is 0 Å². The highest BCUT2D eigenvalue weighted by Gasteiger charge is 2.19. The summed E-state index contributed by atoms with van der Waals surface area (Å²) in [6.07, 6.45) is 0. The van der Waals surface area contributed by atoms with E-state index in [1.807, 2.05) is 44.2 Å². The Bertz CT molecular complexity index is 1290. The van der Waals surface area contributed by atoms with Crippen LogP contribution in [-0.2, 0) is 23.1 Å². The molecule has 2 N–H and O–H groups in total. The molecule has 0 aliphatic heterocycles. The minimum absolute atomic E-state index is 0.0650. The molecule has 35 heavy (non-hydrogen) atoms. The van der Waals surface area contributed by atoms with Crippen molar-refractivity contribution in [2.45, 2.75) is 44.8 Å². The topological polar surface area (TPSA) is 95.6 Å². The van der Waals surface area contributed by atoms with E-state index in [-0.39, 0.29) is 41.4 Å². The average Bonchev–Trinajstić information content (AvgIpc) is 2.86. The van der Waals surface area contributed by atoms with Crippen LogP contribution in [0, 0.1) is 6.92 Å². The van der Waals surface area contributed by atoms with E-state index < -0.39 is 10.0 Å². The lowest BCUT2D eigenvalue weighted by molar-refractivity contribution is 0.0754. The monoisotopic (exact) mass is 493 g/mol. The van der Waals surface area contributed by atoms with Crippen LogP contribution < -0.4 is 10.0 Å². The molecule has 0 saturated carbocycles. The van der Waals surface area contributed by atoms with Gasteiger partial charge in [-0.3, -0.25) is 9.59 Å². The molecule has 0 saturated heterocycles. The molecule has 0 radical (unpaired) electrons. The average molecular weight is 494 g/mol. The van der Waals surface area contributed by atoms with Crippen LogP contribution in [0.5, 0.6) is 0 Å². The molecule has 0 fully saturated rings. The molecule has 3 rings (SSSR count). The van der Waals surface area contributed by atoms with Crippen molar-refractivity contribution in [1.29, 1.82) is 0 Å². The Morgan fingerprint density at radius 1 is 0.857 bits per heavy atom. The van der Waals surface area contributed by atoms with Crippen molar-refractivity contribution in [3.63, 3.8) is 0 Å². The molecular weight excluding hydrogens is 462 g/mol. The van der Waals surface area contributed by atoms with Crippen LogP contribution in [0.4, 0.5) is 0 Å². The lowest BCUT2D eigenvalue weighted by atomic mass is 10.1. The Labute approximate surface area is 207 Å². The van der Waals surface area contributed by atoms with Crippen molar-refractivity contribution in [3.05, 3.63) is 101 Å². The standard InChI is InChI=1S/C27H31N3O4S/c1-19(2)30(4)27(32)23-14-11-22(12-15-23)17-28-26(31)24-13-10-20(3)25(16-24)35(33,34)29-18-21-8-6-5-7-9-21/h5-16,19,29H,17-18H2,1-4H3,(H,28,31). The van der Waals surface area contributed by atoms with Crippen molar-refractivity contribution in [2.75, 3.05) is 7.05 Å². The van der Waals surface area contributed by atoms with Gasteiger partial charge >= 0.3 is 0 Å². The van der Waals surface area contributed by atoms with Crippen LogP contribution in [0.2, 0.25) is 0 Å². The molecule has 0 aromatic heterocycles. The van der Waals surface area contributed by atoms with E-state index in [1.54, 1.807) is 55.3 Å². The minimum atomic E-state index is -3.80. The fourth-order valence-electron chi connectivity index (χ4n) is 3.37. The Morgan fingerprint density at radius 2 is 1.46 bits per heavy atom. The highest BCUT2D eigenvalue weighted by Crippen LogP contribution is 2.18. The van der Waals surface area contributed by atoms with Gasteiger partial charge in [0.05, 0.1) is 4.90 Å². The van der Waals surface area contributed by atoms with Crippen LogP contribution in [-0.4, -0.2) is 38.2 Å².